The third kappa shape index (κ3) is 3.73. The third-order valence-corrected chi connectivity index (χ3v) is 3.06. The maximum absolute atomic E-state index is 11.9. The van der Waals surface area contributed by atoms with E-state index in [4.69, 9.17) is 5.73 Å². The van der Waals surface area contributed by atoms with Crippen molar-refractivity contribution in [1.82, 2.24) is 10.3 Å². The standard InChI is InChI=1S/C13H21N3O/c1-4-10(5-2)7-16-13(17)12-6-11(14)8-15-9(12)3/h6,8,10H,4-5,7,14H2,1-3H3,(H,16,17). The number of aromatic nitrogens is 1. The first-order valence-electron chi connectivity index (χ1n) is 6.08. The lowest BCUT2D eigenvalue weighted by molar-refractivity contribution is 0.0945. The molecule has 0 bridgehead atoms. The highest BCUT2D eigenvalue weighted by atomic mass is 16.1. The maximum Gasteiger partial charge on any atom is 0.253 e. The smallest absolute Gasteiger partial charge is 0.253 e. The Morgan fingerprint density at radius 2 is 2.12 bits per heavy atom. The van der Waals surface area contributed by atoms with E-state index in [1.165, 1.54) is 0 Å². The summed E-state index contributed by atoms with van der Waals surface area (Å²) in [5, 5.41) is 2.93. The molecule has 0 aliphatic carbocycles. The molecule has 1 aromatic rings. The molecular weight excluding hydrogens is 214 g/mol. The van der Waals surface area contributed by atoms with Crippen molar-refractivity contribution in [1.29, 1.82) is 0 Å². The van der Waals surface area contributed by atoms with Crippen LogP contribution in [0.2, 0.25) is 0 Å². The quantitative estimate of drug-likeness (QED) is 0.821. The number of rotatable bonds is 5. The van der Waals surface area contributed by atoms with Crippen LogP contribution in [0, 0.1) is 12.8 Å². The number of aryl methyl sites for hydroxylation is 1. The van der Waals surface area contributed by atoms with Crippen molar-refractivity contribution in [2.75, 3.05) is 12.3 Å². The number of anilines is 1. The van der Waals surface area contributed by atoms with E-state index in [-0.39, 0.29) is 5.91 Å². The fourth-order valence-electron chi connectivity index (χ4n) is 1.69. The molecule has 0 radical (unpaired) electrons. The summed E-state index contributed by atoms with van der Waals surface area (Å²) < 4.78 is 0. The number of carbonyl (C=O) groups is 1. The molecule has 0 fully saturated rings. The van der Waals surface area contributed by atoms with Crippen molar-refractivity contribution in [3.8, 4) is 0 Å². The van der Waals surface area contributed by atoms with Crippen LogP contribution in [0.25, 0.3) is 0 Å². The first-order chi connectivity index (χ1) is 8.08. The van der Waals surface area contributed by atoms with E-state index >= 15 is 0 Å². The predicted molar refractivity (Wildman–Crippen MR) is 69.8 cm³/mol. The number of nitrogen functional groups attached to an aromatic ring is 1. The van der Waals surface area contributed by atoms with E-state index in [1.54, 1.807) is 12.3 Å². The Morgan fingerprint density at radius 3 is 2.71 bits per heavy atom. The molecule has 4 nitrogen and oxygen atoms in total. The number of hydrogen-bond acceptors (Lipinski definition) is 3. The van der Waals surface area contributed by atoms with Crippen LogP contribution in [0.5, 0.6) is 0 Å². The van der Waals surface area contributed by atoms with E-state index in [9.17, 15) is 4.79 Å². The van der Waals surface area contributed by atoms with Crippen molar-refractivity contribution in [2.24, 2.45) is 5.92 Å². The number of nitrogens with two attached hydrogens (primary N) is 1. The molecule has 17 heavy (non-hydrogen) atoms. The molecule has 1 heterocycles. The van der Waals surface area contributed by atoms with E-state index < -0.39 is 0 Å². The summed E-state index contributed by atoms with van der Waals surface area (Å²) in [7, 11) is 0. The van der Waals surface area contributed by atoms with Crippen LogP contribution in [0.1, 0.15) is 42.7 Å². The molecule has 3 N–H and O–H groups in total. The number of hydrogen-bond donors (Lipinski definition) is 2. The lowest BCUT2D eigenvalue weighted by atomic mass is 10.0. The summed E-state index contributed by atoms with van der Waals surface area (Å²) in [6, 6.07) is 1.67. The van der Waals surface area contributed by atoms with Gasteiger partial charge in [-0.15, -0.1) is 0 Å². The van der Waals surface area contributed by atoms with Gasteiger partial charge in [-0.05, 0) is 18.9 Å². The highest BCUT2D eigenvalue weighted by Gasteiger charge is 2.11. The molecule has 4 heteroatoms. The van der Waals surface area contributed by atoms with Gasteiger partial charge in [0.15, 0.2) is 0 Å². The minimum atomic E-state index is -0.0887. The van der Waals surface area contributed by atoms with Gasteiger partial charge in [0.1, 0.15) is 0 Å². The average Bonchev–Trinajstić information content (AvgIpc) is 2.33. The van der Waals surface area contributed by atoms with Crippen molar-refractivity contribution >= 4 is 11.6 Å². The number of pyridine rings is 1. The zero-order chi connectivity index (χ0) is 12.8. The predicted octanol–water partition coefficient (Wildman–Crippen LogP) is 2.14. The van der Waals surface area contributed by atoms with Gasteiger partial charge in [0, 0.05) is 6.54 Å². The zero-order valence-corrected chi connectivity index (χ0v) is 10.8. The topological polar surface area (TPSA) is 68.0 Å². The molecule has 0 spiro atoms. The first kappa shape index (κ1) is 13.5. The van der Waals surface area contributed by atoms with Crippen molar-refractivity contribution < 1.29 is 4.79 Å². The molecule has 0 aromatic carbocycles. The lowest BCUT2D eigenvalue weighted by Gasteiger charge is -2.14. The highest BCUT2D eigenvalue weighted by molar-refractivity contribution is 5.95. The van der Waals surface area contributed by atoms with Crippen LogP contribution < -0.4 is 11.1 Å². The Labute approximate surface area is 103 Å². The van der Waals surface area contributed by atoms with Crippen molar-refractivity contribution in [3.05, 3.63) is 23.5 Å². The Kier molecular flexibility index (Phi) is 4.94. The average molecular weight is 235 g/mol. The number of nitrogens with zero attached hydrogens (tertiary/aromatic N) is 1. The number of amides is 1. The fraction of sp³-hybridized carbons (Fsp3) is 0.538. The van der Waals surface area contributed by atoms with Gasteiger partial charge in [0.2, 0.25) is 0 Å². The van der Waals surface area contributed by atoms with Crippen molar-refractivity contribution in [2.45, 2.75) is 33.6 Å². The van der Waals surface area contributed by atoms with Crippen LogP contribution in [0.15, 0.2) is 12.3 Å². The Balaban J connectivity index is 2.66. The van der Waals surface area contributed by atoms with E-state index in [2.05, 4.69) is 24.1 Å². The summed E-state index contributed by atoms with van der Waals surface area (Å²) in [6.07, 6.45) is 3.71. The van der Waals surface area contributed by atoms with Gasteiger partial charge >= 0.3 is 0 Å². The Hall–Kier alpha value is -1.58. The molecule has 1 amide bonds. The van der Waals surface area contributed by atoms with Crippen LogP contribution in [-0.2, 0) is 0 Å². The molecule has 0 aliphatic rings. The van der Waals surface area contributed by atoms with E-state index in [0.717, 1.165) is 12.8 Å². The van der Waals surface area contributed by atoms with Gasteiger partial charge in [-0.3, -0.25) is 9.78 Å². The molecule has 0 saturated heterocycles. The van der Waals surface area contributed by atoms with Gasteiger partial charge in [-0.25, -0.2) is 0 Å². The number of carbonyl (C=O) groups excluding carboxylic acids is 1. The Morgan fingerprint density at radius 1 is 1.47 bits per heavy atom. The lowest BCUT2D eigenvalue weighted by Crippen LogP contribution is -2.29. The molecule has 1 aromatic heterocycles. The van der Waals surface area contributed by atoms with Crippen molar-refractivity contribution in [3.63, 3.8) is 0 Å². The first-order valence-corrected chi connectivity index (χ1v) is 6.08. The second kappa shape index (κ2) is 6.23. The van der Waals surface area contributed by atoms with Crippen LogP contribution in [0.4, 0.5) is 5.69 Å². The fourth-order valence-corrected chi connectivity index (χ4v) is 1.69. The molecule has 94 valence electrons. The third-order valence-electron chi connectivity index (χ3n) is 3.06. The maximum atomic E-state index is 11.9. The zero-order valence-electron chi connectivity index (χ0n) is 10.8. The Bertz CT molecular complexity index is 386. The molecule has 0 aliphatic heterocycles. The summed E-state index contributed by atoms with van der Waals surface area (Å²) in [5.41, 5.74) is 7.42. The SMILES string of the molecule is CCC(CC)CNC(=O)c1cc(N)cnc1C. The normalized spacial score (nSPS) is 10.6. The second-order valence-electron chi connectivity index (χ2n) is 4.29. The van der Waals surface area contributed by atoms with E-state index in [0.29, 0.717) is 29.4 Å². The molecule has 0 atom stereocenters. The highest BCUT2D eigenvalue weighted by Crippen LogP contribution is 2.10. The largest absolute Gasteiger partial charge is 0.397 e. The molecular formula is C13H21N3O. The van der Waals surface area contributed by atoms with Gasteiger partial charge in [-0.2, -0.15) is 0 Å². The second-order valence-corrected chi connectivity index (χ2v) is 4.29. The van der Waals surface area contributed by atoms with Gasteiger partial charge in [0.25, 0.3) is 5.91 Å². The van der Waals surface area contributed by atoms with Crippen LogP contribution >= 0.6 is 0 Å². The minimum Gasteiger partial charge on any atom is -0.397 e. The molecule has 0 unspecified atom stereocenters. The summed E-state index contributed by atoms with van der Waals surface area (Å²) in [5.74, 6) is 0.447. The van der Waals surface area contributed by atoms with Gasteiger partial charge < -0.3 is 11.1 Å². The summed E-state index contributed by atoms with van der Waals surface area (Å²) in [6.45, 7) is 6.78. The summed E-state index contributed by atoms with van der Waals surface area (Å²) in [4.78, 5) is 16.0. The monoisotopic (exact) mass is 235 g/mol. The summed E-state index contributed by atoms with van der Waals surface area (Å²) >= 11 is 0. The minimum absolute atomic E-state index is 0.0887. The molecule has 0 saturated carbocycles. The number of nitrogens with one attached hydrogen (secondary N) is 1. The molecule has 1 rings (SSSR count). The van der Waals surface area contributed by atoms with Gasteiger partial charge in [-0.1, -0.05) is 26.7 Å². The van der Waals surface area contributed by atoms with Gasteiger partial charge in [0.05, 0.1) is 23.1 Å². The van der Waals surface area contributed by atoms with Crippen LogP contribution in [-0.4, -0.2) is 17.4 Å². The van der Waals surface area contributed by atoms with E-state index in [1.807, 2.05) is 6.92 Å². The van der Waals surface area contributed by atoms with Crippen LogP contribution in [0.3, 0.4) is 0 Å².